The lowest BCUT2D eigenvalue weighted by atomic mass is 10.2. The first-order valence-electron chi connectivity index (χ1n) is 6.91. The Hall–Kier alpha value is -2.72. The highest BCUT2D eigenvalue weighted by Gasteiger charge is 2.34. The van der Waals surface area contributed by atoms with Gasteiger partial charge in [0.1, 0.15) is 17.9 Å². The molecule has 0 unspecified atom stereocenters. The van der Waals surface area contributed by atoms with Gasteiger partial charge in [-0.05, 0) is 12.1 Å². The van der Waals surface area contributed by atoms with Crippen LogP contribution >= 0.6 is 0 Å². The van der Waals surface area contributed by atoms with E-state index < -0.39 is 36.3 Å². The van der Waals surface area contributed by atoms with E-state index in [-0.39, 0.29) is 12.4 Å². The van der Waals surface area contributed by atoms with Crippen molar-refractivity contribution in [2.45, 2.75) is 25.8 Å². The minimum atomic E-state index is -4.84. The summed E-state index contributed by atoms with van der Waals surface area (Å²) in [6.07, 6.45) is -1.62. The second-order valence-electron chi connectivity index (χ2n) is 5.13. The molecular weight excluding hydrogens is 351 g/mol. The summed E-state index contributed by atoms with van der Waals surface area (Å²) in [4.78, 5) is 28.6. The number of amides is 1. The Morgan fingerprint density at radius 3 is 2.60 bits per heavy atom. The topological polar surface area (TPSA) is 60.1 Å². The van der Waals surface area contributed by atoms with E-state index in [4.69, 9.17) is 0 Å². The highest BCUT2D eigenvalue weighted by atomic mass is 19.4. The summed E-state index contributed by atoms with van der Waals surface area (Å²) in [6, 6.07) is 1.62. The van der Waals surface area contributed by atoms with E-state index in [1.165, 1.54) is 7.05 Å². The van der Waals surface area contributed by atoms with Gasteiger partial charge in [-0.2, -0.15) is 22.0 Å². The van der Waals surface area contributed by atoms with Crippen LogP contribution in [0.25, 0.3) is 0 Å². The molecule has 0 fully saturated rings. The lowest BCUT2D eigenvalue weighted by Crippen LogP contribution is -2.36. The van der Waals surface area contributed by atoms with Crippen molar-refractivity contribution in [2.75, 3.05) is 7.05 Å². The molecule has 6 nitrogen and oxygen atoms in total. The van der Waals surface area contributed by atoms with Crippen LogP contribution in [0.3, 0.4) is 0 Å². The first-order chi connectivity index (χ1) is 11.6. The lowest BCUT2D eigenvalue weighted by Gasteiger charge is -2.18. The summed E-state index contributed by atoms with van der Waals surface area (Å²) in [5.41, 5.74) is -2.75. The zero-order valence-electron chi connectivity index (χ0n) is 12.9. The van der Waals surface area contributed by atoms with Crippen molar-refractivity contribution in [1.82, 2.24) is 19.0 Å². The SMILES string of the molecule is CN(Cc1nccn1C(F)F)C(=O)Cn1cccc(C(F)(F)F)c1=O. The Kier molecular flexibility index (Phi) is 5.24. The molecule has 136 valence electrons. The van der Waals surface area contributed by atoms with Gasteiger partial charge in [0.2, 0.25) is 5.91 Å². The number of likely N-dealkylation sites (N-methyl/N-ethyl adjacent to an activating group) is 1. The van der Waals surface area contributed by atoms with Crippen molar-refractivity contribution < 1.29 is 26.7 Å². The minimum Gasteiger partial charge on any atom is -0.337 e. The summed E-state index contributed by atoms with van der Waals surface area (Å²) in [6.45, 7) is -3.79. The van der Waals surface area contributed by atoms with Crippen molar-refractivity contribution in [1.29, 1.82) is 0 Å². The van der Waals surface area contributed by atoms with Crippen LogP contribution in [0.15, 0.2) is 35.5 Å². The van der Waals surface area contributed by atoms with E-state index in [1.54, 1.807) is 0 Å². The molecule has 1 amide bonds. The average Bonchev–Trinajstić information content (AvgIpc) is 2.96. The fourth-order valence-electron chi connectivity index (χ4n) is 2.09. The molecule has 0 N–H and O–H groups in total. The van der Waals surface area contributed by atoms with Gasteiger partial charge in [-0.15, -0.1) is 0 Å². The maximum atomic E-state index is 12.7. The Balaban J connectivity index is 2.14. The van der Waals surface area contributed by atoms with Gasteiger partial charge >= 0.3 is 12.7 Å². The molecule has 2 aromatic rings. The number of pyridine rings is 1. The Morgan fingerprint density at radius 2 is 2.00 bits per heavy atom. The molecule has 11 heteroatoms. The molecule has 0 aromatic carbocycles. The summed E-state index contributed by atoms with van der Waals surface area (Å²) in [5.74, 6) is -0.826. The molecular formula is C14H13F5N4O2. The van der Waals surface area contributed by atoms with E-state index in [0.717, 1.165) is 29.6 Å². The zero-order chi connectivity index (χ0) is 18.8. The number of carbonyl (C=O) groups is 1. The van der Waals surface area contributed by atoms with Crippen LogP contribution in [0, 0.1) is 0 Å². The summed E-state index contributed by atoms with van der Waals surface area (Å²) >= 11 is 0. The number of hydrogen-bond donors (Lipinski definition) is 0. The molecule has 0 aliphatic heterocycles. The Bertz CT molecular complexity index is 812. The standard InChI is InChI=1S/C14H13F5N4O2/c1-21(7-10-20-4-6-23(10)13(15)16)11(24)8-22-5-2-3-9(12(22)25)14(17,18)19/h2-6,13H,7-8H2,1H3. The van der Waals surface area contributed by atoms with Crippen molar-refractivity contribution in [3.63, 3.8) is 0 Å². The van der Waals surface area contributed by atoms with E-state index in [2.05, 4.69) is 4.98 Å². The maximum Gasteiger partial charge on any atom is 0.421 e. The van der Waals surface area contributed by atoms with Crippen molar-refractivity contribution >= 4 is 5.91 Å². The number of carbonyl (C=O) groups excluding carboxylic acids is 1. The van der Waals surface area contributed by atoms with Crippen LogP contribution in [-0.4, -0.2) is 32.0 Å². The molecule has 0 aliphatic carbocycles. The third-order valence-electron chi connectivity index (χ3n) is 3.39. The Morgan fingerprint density at radius 1 is 1.32 bits per heavy atom. The quantitative estimate of drug-likeness (QED) is 0.764. The van der Waals surface area contributed by atoms with E-state index >= 15 is 0 Å². The highest BCUT2D eigenvalue weighted by molar-refractivity contribution is 5.75. The van der Waals surface area contributed by atoms with Crippen LogP contribution in [0.1, 0.15) is 17.9 Å². The van der Waals surface area contributed by atoms with Gasteiger partial charge in [0.25, 0.3) is 5.56 Å². The molecule has 0 aliphatic rings. The molecule has 0 saturated heterocycles. The number of imidazole rings is 1. The predicted octanol–water partition coefficient (Wildman–Crippen LogP) is 2.12. The van der Waals surface area contributed by atoms with E-state index in [1.807, 2.05) is 0 Å². The van der Waals surface area contributed by atoms with Crippen LogP contribution < -0.4 is 5.56 Å². The smallest absolute Gasteiger partial charge is 0.337 e. The largest absolute Gasteiger partial charge is 0.421 e. The third-order valence-corrected chi connectivity index (χ3v) is 3.39. The fourth-order valence-corrected chi connectivity index (χ4v) is 2.09. The molecule has 25 heavy (non-hydrogen) atoms. The van der Waals surface area contributed by atoms with Crippen molar-refractivity contribution in [2.24, 2.45) is 0 Å². The minimum absolute atomic E-state index is 0.0951. The number of alkyl halides is 5. The van der Waals surface area contributed by atoms with Crippen LogP contribution in [0.4, 0.5) is 22.0 Å². The zero-order valence-corrected chi connectivity index (χ0v) is 12.9. The second-order valence-corrected chi connectivity index (χ2v) is 5.13. The number of halogens is 5. The maximum absolute atomic E-state index is 12.7. The van der Waals surface area contributed by atoms with E-state index in [0.29, 0.717) is 15.2 Å². The molecule has 2 heterocycles. The van der Waals surface area contributed by atoms with Gasteiger partial charge in [-0.3, -0.25) is 14.2 Å². The van der Waals surface area contributed by atoms with Gasteiger partial charge in [0, 0.05) is 25.6 Å². The van der Waals surface area contributed by atoms with Gasteiger partial charge < -0.3 is 9.47 Å². The third kappa shape index (κ3) is 4.22. The van der Waals surface area contributed by atoms with Gasteiger partial charge in [0.05, 0.1) is 6.54 Å². The van der Waals surface area contributed by atoms with Crippen LogP contribution in [0.5, 0.6) is 0 Å². The lowest BCUT2D eigenvalue weighted by molar-refractivity contribution is -0.139. The van der Waals surface area contributed by atoms with Gasteiger partial charge in [0.15, 0.2) is 0 Å². The van der Waals surface area contributed by atoms with Crippen LogP contribution in [-0.2, 0) is 24.1 Å². The predicted molar refractivity (Wildman–Crippen MR) is 75.7 cm³/mol. The molecule has 0 saturated carbocycles. The first-order valence-corrected chi connectivity index (χ1v) is 6.91. The second kappa shape index (κ2) is 7.03. The number of nitrogens with zero attached hydrogens (tertiary/aromatic N) is 4. The molecule has 0 radical (unpaired) electrons. The van der Waals surface area contributed by atoms with E-state index in [9.17, 15) is 31.5 Å². The fraction of sp³-hybridized carbons (Fsp3) is 0.357. The number of hydrogen-bond acceptors (Lipinski definition) is 3. The average molecular weight is 364 g/mol. The highest BCUT2D eigenvalue weighted by Crippen LogP contribution is 2.26. The summed E-state index contributed by atoms with van der Waals surface area (Å²) in [5, 5.41) is 0. The number of rotatable bonds is 5. The van der Waals surface area contributed by atoms with Crippen molar-refractivity contribution in [3.8, 4) is 0 Å². The van der Waals surface area contributed by atoms with Gasteiger partial charge in [-0.1, -0.05) is 0 Å². The normalized spacial score (nSPS) is 11.8. The molecule has 0 atom stereocenters. The molecule has 0 bridgehead atoms. The Labute approximate surface area is 138 Å². The molecule has 0 spiro atoms. The first kappa shape index (κ1) is 18.6. The summed E-state index contributed by atoms with van der Waals surface area (Å²) < 4.78 is 64.8. The monoisotopic (exact) mass is 364 g/mol. The van der Waals surface area contributed by atoms with Crippen molar-refractivity contribution in [3.05, 3.63) is 52.5 Å². The van der Waals surface area contributed by atoms with Gasteiger partial charge in [-0.25, -0.2) is 4.98 Å². The van der Waals surface area contributed by atoms with Crippen LogP contribution in [0.2, 0.25) is 0 Å². The number of aromatic nitrogens is 3. The molecule has 2 aromatic heterocycles. The molecule has 2 rings (SSSR count). The summed E-state index contributed by atoms with van der Waals surface area (Å²) in [7, 11) is 1.27.